The number of nitrogens with two attached hydrogens (primary N) is 1. The lowest BCUT2D eigenvalue weighted by Crippen LogP contribution is -2.48. The third kappa shape index (κ3) is 4.47. The fraction of sp³-hybridized carbons (Fsp3) is 0.533. The van der Waals surface area contributed by atoms with E-state index in [0.717, 1.165) is 12.0 Å². The van der Waals surface area contributed by atoms with Crippen LogP contribution >= 0.6 is 0 Å². The lowest BCUT2D eigenvalue weighted by Gasteiger charge is -2.26. The Balaban J connectivity index is 2.69. The van der Waals surface area contributed by atoms with E-state index in [9.17, 15) is 4.79 Å². The van der Waals surface area contributed by atoms with Crippen LogP contribution in [0.3, 0.4) is 0 Å². The molecule has 0 aromatic heterocycles. The first-order chi connectivity index (χ1) is 8.75. The third-order valence-corrected chi connectivity index (χ3v) is 3.22. The number of ether oxygens (including phenoxy) is 1. The highest BCUT2D eigenvalue weighted by Gasteiger charge is 2.23. The van der Waals surface area contributed by atoms with Crippen LogP contribution in [0.2, 0.25) is 0 Å². The molecule has 0 heterocycles. The molecule has 4 heteroatoms. The fourth-order valence-electron chi connectivity index (χ4n) is 1.57. The highest BCUT2D eigenvalue weighted by molar-refractivity contribution is 5.81. The van der Waals surface area contributed by atoms with Crippen molar-refractivity contribution in [2.24, 2.45) is 0 Å². The van der Waals surface area contributed by atoms with Gasteiger partial charge in [-0.1, -0.05) is 6.92 Å². The van der Waals surface area contributed by atoms with Crippen LogP contribution in [0.15, 0.2) is 18.2 Å². The quantitative estimate of drug-likeness (QED) is 0.804. The van der Waals surface area contributed by atoms with Crippen molar-refractivity contribution in [3.8, 4) is 5.75 Å². The van der Waals surface area contributed by atoms with Gasteiger partial charge in [-0.3, -0.25) is 4.79 Å². The van der Waals surface area contributed by atoms with Crippen molar-refractivity contribution >= 4 is 11.6 Å². The zero-order valence-corrected chi connectivity index (χ0v) is 12.4. The standard InChI is InChI=1S/C15H24N2O2/c1-6-15(4,5)17-14(18)11(3)19-13-8-7-12(16)9-10(13)2/h7-9,11H,6,16H2,1-5H3,(H,17,18). The van der Waals surface area contributed by atoms with Gasteiger partial charge in [0.2, 0.25) is 0 Å². The molecule has 0 bridgehead atoms. The number of nitrogen functional groups attached to an aromatic ring is 1. The summed E-state index contributed by atoms with van der Waals surface area (Å²) < 4.78 is 5.68. The summed E-state index contributed by atoms with van der Waals surface area (Å²) in [5.74, 6) is 0.578. The van der Waals surface area contributed by atoms with Crippen LogP contribution in [-0.4, -0.2) is 17.6 Å². The van der Waals surface area contributed by atoms with Crippen molar-refractivity contribution in [3.05, 3.63) is 23.8 Å². The van der Waals surface area contributed by atoms with Gasteiger partial charge in [-0.15, -0.1) is 0 Å². The summed E-state index contributed by atoms with van der Waals surface area (Å²) in [5, 5.41) is 2.97. The second-order valence-corrected chi connectivity index (χ2v) is 5.51. The largest absolute Gasteiger partial charge is 0.481 e. The topological polar surface area (TPSA) is 64.3 Å². The number of carbonyl (C=O) groups excluding carboxylic acids is 1. The molecular formula is C15H24N2O2. The summed E-state index contributed by atoms with van der Waals surface area (Å²) in [4.78, 5) is 12.0. The number of anilines is 1. The van der Waals surface area contributed by atoms with Crippen molar-refractivity contribution < 1.29 is 9.53 Å². The maximum atomic E-state index is 12.0. The summed E-state index contributed by atoms with van der Waals surface area (Å²) in [6.07, 6.45) is 0.333. The van der Waals surface area contributed by atoms with Gasteiger partial charge in [0.15, 0.2) is 6.10 Å². The third-order valence-electron chi connectivity index (χ3n) is 3.22. The molecule has 106 valence electrons. The number of nitrogens with one attached hydrogen (secondary N) is 1. The van der Waals surface area contributed by atoms with E-state index in [1.165, 1.54) is 0 Å². The number of benzene rings is 1. The molecule has 0 aliphatic heterocycles. The summed E-state index contributed by atoms with van der Waals surface area (Å²) in [6.45, 7) is 9.68. The van der Waals surface area contributed by atoms with Gasteiger partial charge in [-0.25, -0.2) is 0 Å². The molecule has 0 spiro atoms. The molecule has 0 saturated heterocycles. The van der Waals surface area contributed by atoms with E-state index in [4.69, 9.17) is 10.5 Å². The van der Waals surface area contributed by atoms with Crippen molar-refractivity contribution in [2.45, 2.75) is 52.7 Å². The summed E-state index contributed by atoms with van der Waals surface area (Å²) in [5.41, 5.74) is 7.08. The van der Waals surface area contributed by atoms with Crippen LogP contribution in [-0.2, 0) is 4.79 Å². The van der Waals surface area contributed by atoms with Gasteiger partial charge < -0.3 is 15.8 Å². The summed E-state index contributed by atoms with van der Waals surface area (Å²) in [6, 6.07) is 5.39. The number of hydrogen-bond donors (Lipinski definition) is 2. The van der Waals surface area contributed by atoms with E-state index >= 15 is 0 Å². The Morgan fingerprint density at radius 2 is 2.11 bits per heavy atom. The van der Waals surface area contributed by atoms with E-state index < -0.39 is 6.10 Å². The highest BCUT2D eigenvalue weighted by atomic mass is 16.5. The van der Waals surface area contributed by atoms with Crippen LogP contribution in [0.1, 0.15) is 39.7 Å². The Kier molecular flexibility index (Phi) is 4.81. The van der Waals surface area contributed by atoms with Gasteiger partial charge in [0.05, 0.1) is 0 Å². The molecule has 0 radical (unpaired) electrons. The fourth-order valence-corrected chi connectivity index (χ4v) is 1.57. The van der Waals surface area contributed by atoms with Gasteiger partial charge in [0.25, 0.3) is 5.91 Å². The van der Waals surface area contributed by atoms with Crippen LogP contribution in [0.4, 0.5) is 5.69 Å². The zero-order valence-electron chi connectivity index (χ0n) is 12.4. The van der Waals surface area contributed by atoms with E-state index in [1.807, 2.05) is 33.8 Å². The van der Waals surface area contributed by atoms with Crippen LogP contribution in [0, 0.1) is 6.92 Å². The molecule has 1 aromatic carbocycles. The Bertz CT molecular complexity index is 455. The number of carbonyl (C=O) groups is 1. The number of rotatable bonds is 5. The van der Waals surface area contributed by atoms with E-state index in [2.05, 4.69) is 5.32 Å². The minimum Gasteiger partial charge on any atom is -0.481 e. The molecule has 1 aromatic rings. The summed E-state index contributed by atoms with van der Waals surface area (Å²) in [7, 11) is 0. The zero-order chi connectivity index (χ0) is 14.6. The lowest BCUT2D eigenvalue weighted by molar-refractivity contribution is -0.128. The molecular weight excluding hydrogens is 240 g/mol. The maximum Gasteiger partial charge on any atom is 0.261 e. The molecule has 1 atom stereocenters. The van der Waals surface area contributed by atoms with Crippen molar-refractivity contribution in [3.63, 3.8) is 0 Å². The van der Waals surface area contributed by atoms with E-state index in [-0.39, 0.29) is 11.4 Å². The lowest BCUT2D eigenvalue weighted by atomic mass is 10.0. The minimum absolute atomic E-state index is 0.108. The predicted octanol–water partition coefficient (Wildman–Crippen LogP) is 2.65. The SMILES string of the molecule is CCC(C)(C)NC(=O)C(C)Oc1ccc(N)cc1C. The number of aryl methyl sites for hydroxylation is 1. The minimum atomic E-state index is -0.534. The maximum absolute atomic E-state index is 12.0. The summed E-state index contributed by atoms with van der Waals surface area (Å²) >= 11 is 0. The molecule has 0 fully saturated rings. The molecule has 3 N–H and O–H groups in total. The van der Waals surface area contributed by atoms with Crippen molar-refractivity contribution in [1.29, 1.82) is 0 Å². The second kappa shape index (κ2) is 5.95. The molecule has 0 aliphatic rings. The molecule has 1 amide bonds. The second-order valence-electron chi connectivity index (χ2n) is 5.51. The first-order valence-corrected chi connectivity index (χ1v) is 6.60. The highest BCUT2D eigenvalue weighted by Crippen LogP contribution is 2.21. The molecule has 19 heavy (non-hydrogen) atoms. The van der Waals surface area contributed by atoms with Crippen LogP contribution in [0.25, 0.3) is 0 Å². The Labute approximate surface area is 115 Å². The number of amides is 1. The molecule has 1 unspecified atom stereocenters. The average molecular weight is 264 g/mol. The van der Waals surface area contributed by atoms with Crippen LogP contribution in [0.5, 0.6) is 5.75 Å². The van der Waals surface area contributed by atoms with Gasteiger partial charge in [0, 0.05) is 11.2 Å². The van der Waals surface area contributed by atoms with Gasteiger partial charge in [-0.2, -0.15) is 0 Å². The van der Waals surface area contributed by atoms with Gasteiger partial charge in [0.1, 0.15) is 5.75 Å². The first kappa shape index (κ1) is 15.3. The van der Waals surface area contributed by atoms with E-state index in [1.54, 1.807) is 19.1 Å². The average Bonchev–Trinajstić information content (AvgIpc) is 2.32. The molecule has 0 saturated carbocycles. The Morgan fingerprint density at radius 1 is 1.47 bits per heavy atom. The van der Waals surface area contributed by atoms with Gasteiger partial charge in [-0.05, 0) is 57.9 Å². The van der Waals surface area contributed by atoms with Crippen molar-refractivity contribution in [2.75, 3.05) is 5.73 Å². The number of hydrogen-bond acceptors (Lipinski definition) is 3. The smallest absolute Gasteiger partial charge is 0.261 e. The Hall–Kier alpha value is -1.71. The molecule has 1 rings (SSSR count). The molecule has 4 nitrogen and oxygen atoms in total. The first-order valence-electron chi connectivity index (χ1n) is 6.60. The Morgan fingerprint density at radius 3 is 2.63 bits per heavy atom. The van der Waals surface area contributed by atoms with Gasteiger partial charge >= 0.3 is 0 Å². The monoisotopic (exact) mass is 264 g/mol. The predicted molar refractivity (Wildman–Crippen MR) is 78.2 cm³/mol. The van der Waals surface area contributed by atoms with E-state index in [0.29, 0.717) is 11.4 Å². The molecule has 0 aliphatic carbocycles. The normalized spacial score (nSPS) is 12.9. The van der Waals surface area contributed by atoms with Crippen LogP contribution < -0.4 is 15.8 Å². The van der Waals surface area contributed by atoms with Crippen molar-refractivity contribution in [1.82, 2.24) is 5.32 Å².